The van der Waals surface area contributed by atoms with Crippen molar-refractivity contribution < 1.29 is 5.11 Å². The van der Waals surface area contributed by atoms with Crippen molar-refractivity contribution in [1.29, 1.82) is 0 Å². The van der Waals surface area contributed by atoms with Gasteiger partial charge in [0.05, 0.1) is 11.9 Å². The molecule has 2 heterocycles. The molecule has 26 heavy (non-hydrogen) atoms. The van der Waals surface area contributed by atoms with E-state index in [0.29, 0.717) is 0 Å². The Balaban J connectivity index is 1.38. The Morgan fingerprint density at radius 3 is 2.23 bits per heavy atom. The molecule has 1 aliphatic rings. The van der Waals surface area contributed by atoms with E-state index in [1.807, 2.05) is 32.6 Å². The van der Waals surface area contributed by atoms with Crippen molar-refractivity contribution in [3.05, 3.63) is 54.1 Å². The molecule has 5 heteroatoms. The van der Waals surface area contributed by atoms with Gasteiger partial charge >= 0.3 is 0 Å². The summed E-state index contributed by atoms with van der Waals surface area (Å²) in [5.41, 5.74) is 2.10. The maximum absolute atomic E-state index is 9.85. The topological polar surface area (TPSA) is 44.5 Å². The lowest BCUT2D eigenvalue weighted by Crippen LogP contribution is -2.46. The zero-order chi connectivity index (χ0) is 18.4. The molecule has 0 unspecified atom stereocenters. The smallest absolute Gasteiger partial charge is 0.0946 e. The molecule has 1 aromatic carbocycles. The van der Waals surface area contributed by atoms with Gasteiger partial charge in [0, 0.05) is 58.2 Å². The number of imidazole rings is 1. The second kappa shape index (κ2) is 8.80. The fourth-order valence-electron chi connectivity index (χ4n) is 3.37. The molecule has 3 rings (SSSR count). The Hall–Kier alpha value is -1.69. The molecule has 0 aliphatic carbocycles. The number of aryl methyl sites for hydroxylation is 1. The van der Waals surface area contributed by atoms with Crippen LogP contribution in [0, 0.1) is 0 Å². The molecule has 1 aliphatic heterocycles. The van der Waals surface area contributed by atoms with E-state index in [4.69, 9.17) is 0 Å². The van der Waals surface area contributed by atoms with Crippen molar-refractivity contribution in [2.24, 2.45) is 0 Å². The molecule has 1 aromatic heterocycles. The first-order valence-electron chi connectivity index (χ1n) is 9.69. The largest absolute Gasteiger partial charge is 0.390 e. The van der Waals surface area contributed by atoms with Crippen LogP contribution in [0.25, 0.3) is 0 Å². The van der Waals surface area contributed by atoms with E-state index in [0.717, 1.165) is 58.7 Å². The van der Waals surface area contributed by atoms with E-state index < -0.39 is 5.60 Å². The van der Waals surface area contributed by atoms with Crippen LogP contribution in [0.15, 0.2) is 43.0 Å². The van der Waals surface area contributed by atoms with Gasteiger partial charge in [-0.25, -0.2) is 4.98 Å². The second-order valence-corrected chi connectivity index (χ2v) is 8.05. The molecule has 0 saturated carbocycles. The molecule has 1 fully saturated rings. The van der Waals surface area contributed by atoms with Crippen LogP contribution in [0.3, 0.4) is 0 Å². The number of hydrogen-bond acceptors (Lipinski definition) is 4. The molecule has 142 valence electrons. The van der Waals surface area contributed by atoms with Gasteiger partial charge in [-0.1, -0.05) is 24.3 Å². The molecule has 0 amide bonds. The summed E-state index contributed by atoms with van der Waals surface area (Å²) in [7, 11) is 0. The third kappa shape index (κ3) is 6.24. The van der Waals surface area contributed by atoms with Crippen molar-refractivity contribution in [2.45, 2.75) is 45.4 Å². The second-order valence-electron chi connectivity index (χ2n) is 8.05. The summed E-state index contributed by atoms with van der Waals surface area (Å²) in [5.74, 6) is 0. The van der Waals surface area contributed by atoms with Crippen LogP contribution in [0.2, 0.25) is 0 Å². The summed E-state index contributed by atoms with van der Waals surface area (Å²) in [4.78, 5) is 9.18. The van der Waals surface area contributed by atoms with E-state index >= 15 is 0 Å². The Morgan fingerprint density at radius 2 is 1.62 bits per heavy atom. The van der Waals surface area contributed by atoms with Crippen LogP contribution in [0.4, 0.5) is 0 Å². The monoisotopic (exact) mass is 356 g/mol. The predicted molar refractivity (Wildman–Crippen MR) is 105 cm³/mol. The van der Waals surface area contributed by atoms with Crippen LogP contribution in [-0.2, 0) is 19.5 Å². The molecule has 1 N–H and O–H groups in total. The first kappa shape index (κ1) is 19.1. The molecule has 0 spiro atoms. The molecular weight excluding hydrogens is 324 g/mol. The van der Waals surface area contributed by atoms with E-state index in [1.165, 1.54) is 11.1 Å². The number of hydrogen-bond donors (Lipinski definition) is 1. The first-order chi connectivity index (χ1) is 12.5. The quantitative estimate of drug-likeness (QED) is 0.789. The van der Waals surface area contributed by atoms with Crippen molar-refractivity contribution in [3.8, 4) is 0 Å². The van der Waals surface area contributed by atoms with Crippen molar-refractivity contribution >= 4 is 0 Å². The van der Waals surface area contributed by atoms with Crippen LogP contribution in [0.1, 0.15) is 31.4 Å². The van der Waals surface area contributed by atoms with E-state index in [-0.39, 0.29) is 0 Å². The summed E-state index contributed by atoms with van der Waals surface area (Å²) >= 11 is 0. The third-order valence-corrected chi connectivity index (χ3v) is 5.15. The summed E-state index contributed by atoms with van der Waals surface area (Å²) in [6.45, 7) is 11.4. The van der Waals surface area contributed by atoms with E-state index in [9.17, 15) is 5.11 Å². The number of aliphatic hydroxyl groups is 1. The van der Waals surface area contributed by atoms with Gasteiger partial charge in [0.15, 0.2) is 0 Å². The fourth-order valence-corrected chi connectivity index (χ4v) is 3.37. The third-order valence-electron chi connectivity index (χ3n) is 5.15. The van der Waals surface area contributed by atoms with Gasteiger partial charge in [0.1, 0.15) is 0 Å². The number of nitrogens with zero attached hydrogens (tertiary/aromatic N) is 4. The molecule has 0 radical (unpaired) electrons. The van der Waals surface area contributed by atoms with Gasteiger partial charge in [-0.3, -0.25) is 9.80 Å². The highest BCUT2D eigenvalue weighted by atomic mass is 16.3. The van der Waals surface area contributed by atoms with Crippen LogP contribution in [-0.4, -0.2) is 62.8 Å². The first-order valence-corrected chi connectivity index (χ1v) is 9.69. The zero-order valence-electron chi connectivity index (χ0n) is 16.1. The Labute approximate surface area is 157 Å². The lowest BCUT2D eigenvalue weighted by atomic mass is 9.98. The maximum atomic E-state index is 9.85. The Morgan fingerprint density at radius 1 is 0.962 bits per heavy atom. The van der Waals surface area contributed by atoms with Gasteiger partial charge < -0.3 is 9.67 Å². The molecule has 2 aromatic rings. The minimum Gasteiger partial charge on any atom is -0.390 e. The summed E-state index contributed by atoms with van der Waals surface area (Å²) in [5, 5.41) is 9.85. The Kier molecular flexibility index (Phi) is 6.46. The van der Waals surface area contributed by atoms with Crippen LogP contribution < -0.4 is 0 Å². The number of benzene rings is 1. The highest BCUT2D eigenvalue weighted by molar-refractivity contribution is 5.22. The predicted octanol–water partition coefficient (Wildman–Crippen LogP) is 2.40. The average molecular weight is 357 g/mol. The maximum Gasteiger partial charge on any atom is 0.0946 e. The van der Waals surface area contributed by atoms with Crippen molar-refractivity contribution in [1.82, 2.24) is 19.4 Å². The normalized spacial score (nSPS) is 16.9. The number of aromatic nitrogens is 2. The molecule has 5 nitrogen and oxygen atoms in total. The number of piperazine rings is 1. The van der Waals surface area contributed by atoms with Crippen LogP contribution >= 0.6 is 0 Å². The van der Waals surface area contributed by atoms with Crippen LogP contribution in [0.5, 0.6) is 0 Å². The van der Waals surface area contributed by atoms with Gasteiger partial charge in [-0.05, 0) is 37.8 Å². The Bertz CT molecular complexity index is 638. The van der Waals surface area contributed by atoms with E-state index in [1.54, 1.807) is 0 Å². The van der Waals surface area contributed by atoms with Gasteiger partial charge in [0.2, 0.25) is 0 Å². The number of rotatable bonds is 8. The van der Waals surface area contributed by atoms with E-state index in [2.05, 4.69) is 43.6 Å². The summed E-state index contributed by atoms with van der Waals surface area (Å²) in [6, 6.07) is 8.90. The highest BCUT2D eigenvalue weighted by Crippen LogP contribution is 2.15. The SMILES string of the molecule is CC(C)(O)CCc1ccc(CN2CCN(CCn3ccnc3)CC2)cc1. The lowest BCUT2D eigenvalue weighted by molar-refractivity contribution is 0.0714. The van der Waals surface area contributed by atoms with Crippen molar-refractivity contribution in [3.63, 3.8) is 0 Å². The van der Waals surface area contributed by atoms with Gasteiger partial charge in [-0.2, -0.15) is 0 Å². The molecule has 0 atom stereocenters. The standard InChI is InChI=1S/C21H32N4O/c1-21(2,26)8-7-19-3-5-20(6-4-19)17-24-14-11-23(12-15-24)13-16-25-10-9-22-18-25/h3-6,9-10,18,26H,7-8,11-17H2,1-2H3. The fraction of sp³-hybridized carbons (Fsp3) is 0.571. The molecule has 0 bridgehead atoms. The summed E-state index contributed by atoms with van der Waals surface area (Å²) in [6.07, 6.45) is 7.49. The minimum atomic E-state index is -0.587. The molecular formula is C21H32N4O. The lowest BCUT2D eigenvalue weighted by Gasteiger charge is -2.34. The zero-order valence-corrected chi connectivity index (χ0v) is 16.1. The molecule has 1 saturated heterocycles. The van der Waals surface area contributed by atoms with Gasteiger partial charge in [0.25, 0.3) is 0 Å². The highest BCUT2D eigenvalue weighted by Gasteiger charge is 2.17. The average Bonchev–Trinajstić information content (AvgIpc) is 3.13. The minimum absolute atomic E-state index is 0.587. The summed E-state index contributed by atoms with van der Waals surface area (Å²) < 4.78 is 2.14. The van der Waals surface area contributed by atoms with Crippen molar-refractivity contribution in [2.75, 3.05) is 32.7 Å². The van der Waals surface area contributed by atoms with Gasteiger partial charge in [-0.15, -0.1) is 0 Å².